The van der Waals surface area contributed by atoms with Gasteiger partial charge in [0, 0.05) is 18.7 Å². The Morgan fingerprint density at radius 1 is 0.906 bits per heavy atom. The lowest BCUT2D eigenvalue weighted by Crippen LogP contribution is -2.31. The van der Waals surface area contributed by atoms with E-state index >= 15 is 0 Å². The highest BCUT2D eigenvalue weighted by molar-refractivity contribution is 6.34. The molecule has 2 aromatic rings. The number of aromatic nitrogens is 1. The fourth-order valence-corrected chi connectivity index (χ4v) is 3.90. The molecule has 0 unspecified atom stereocenters. The van der Waals surface area contributed by atoms with Gasteiger partial charge in [0.2, 0.25) is 0 Å². The lowest BCUT2D eigenvalue weighted by molar-refractivity contribution is -0.693. The summed E-state index contributed by atoms with van der Waals surface area (Å²) in [6.45, 7) is 6.43. The van der Waals surface area contributed by atoms with Crippen LogP contribution in [0.15, 0.2) is 42.7 Å². The molecule has 0 bridgehead atoms. The summed E-state index contributed by atoms with van der Waals surface area (Å²) in [7, 11) is 0. The zero-order valence-corrected chi connectivity index (χ0v) is 20.6. The molecule has 5 heteroatoms. The average Bonchev–Trinajstić information content (AvgIpc) is 2.81. The molecule has 1 amide bonds. The van der Waals surface area contributed by atoms with Crippen molar-refractivity contribution in [1.82, 2.24) is 5.32 Å². The number of benzene rings is 1. The van der Waals surface area contributed by atoms with Crippen molar-refractivity contribution in [3.05, 3.63) is 58.9 Å². The fourth-order valence-electron chi connectivity index (χ4n) is 3.64. The van der Waals surface area contributed by atoms with Crippen LogP contribution in [0, 0.1) is 0 Å². The van der Waals surface area contributed by atoms with Crippen molar-refractivity contribution >= 4 is 17.5 Å². The van der Waals surface area contributed by atoms with Gasteiger partial charge in [-0.25, -0.2) is 4.57 Å². The van der Waals surface area contributed by atoms with Crippen molar-refractivity contribution in [3.63, 3.8) is 0 Å². The van der Waals surface area contributed by atoms with E-state index in [-0.39, 0.29) is 5.91 Å². The highest BCUT2D eigenvalue weighted by Gasteiger charge is 2.11. The van der Waals surface area contributed by atoms with Gasteiger partial charge >= 0.3 is 0 Å². The van der Waals surface area contributed by atoms with E-state index in [4.69, 9.17) is 16.3 Å². The average molecular weight is 460 g/mol. The number of unbranched alkanes of at least 4 members (excludes halogenated alkanes) is 9. The van der Waals surface area contributed by atoms with Gasteiger partial charge in [0.1, 0.15) is 12.3 Å². The molecule has 0 saturated carbocycles. The number of hydrogen-bond acceptors (Lipinski definition) is 2. The third-order valence-electron chi connectivity index (χ3n) is 5.73. The molecule has 0 radical (unpaired) electrons. The van der Waals surface area contributed by atoms with Gasteiger partial charge in [-0.1, -0.05) is 76.3 Å². The van der Waals surface area contributed by atoms with Crippen LogP contribution in [0.25, 0.3) is 0 Å². The molecule has 0 aliphatic heterocycles. The summed E-state index contributed by atoms with van der Waals surface area (Å²) in [5, 5.41) is 3.35. The second-order valence-corrected chi connectivity index (χ2v) is 8.80. The number of ether oxygens (including phenoxy) is 1. The Labute approximate surface area is 199 Å². The molecule has 0 aliphatic rings. The van der Waals surface area contributed by atoms with Crippen molar-refractivity contribution in [2.45, 2.75) is 91.1 Å². The normalized spacial score (nSPS) is 10.8. The molecule has 1 N–H and O–H groups in total. The fraction of sp³-hybridized carbons (Fsp3) is 0.556. The minimum atomic E-state index is -0.177. The summed E-state index contributed by atoms with van der Waals surface area (Å²) in [6, 6.07) is 9.32. The van der Waals surface area contributed by atoms with Crippen LogP contribution in [0.2, 0.25) is 5.02 Å². The first-order valence-electron chi connectivity index (χ1n) is 12.3. The van der Waals surface area contributed by atoms with Crippen molar-refractivity contribution < 1.29 is 14.1 Å². The summed E-state index contributed by atoms with van der Waals surface area (Å²) in [6.07, 6.45) is 17.0. The predicted octanol–water partition coefficient (Wildman–Crippen LogP) is 6.88. The molecule has 1 heterocycles. The number of nitrogens with zero attached hydrogens (tertiary/aromatic N) is 1. The first-order valence-corrected chi connectivity index (χ1v) is 12.7. The Bertz CT molecular complexity index is 793. The van der Waals surface area contributed by atoms with Crippen LogP contribution in [-0.4, -0.2) is 12.5 Å². The first kappa shape index (κ1) is 26.2. The van der Waals surface area contributed by atoms with Crippen molar-refractivity contribution in [2.24, 2.45) is 0 Å². The molecule has 0 aliphatic carbocycles. The van der Waals surface area contributed by atoms with Crippen molar-refractivity contribution in [3.8, 4) is 5.75 Å². The summed E-state index contributed by atoms with van der Waals surface area (Å²) >= 11 is 6.34. The third-order valence-corrected chi connectivity index (χ3v) is 6.04. The zero-order chi connectivity index (χ0) is 23.0. The molecule has 32 heavy (non-hydrogen) atoms. The van der Waals surface area contributed by atoms with E-state index in [1.54, 1.807) is 12.1 Å². The Morgan fingerprint density at radius 2 is 1.53 bits per heavy atom. The van der Waals surface area contributed by atoms with Crippen LogP contribution < -0.4 is 14.6 Å². The van der Waals surface area contributed by atoms with E-state index in [1.165, 1.54) is 57.8 Å². The van der Waals surface area contributed by atoms with E-state index in [1.807, 2.05) is 30.6 Å². The smallest absolute Gasteiger partial charge is 0.253 e. The number of halogens is 1. The zero-order valence-electron chi connectivity index (χ0n) is 19.9. The molecular formula is C27H40ClN2O2+. The number of carbonyl (C=O) groups is 1. The molecule has 0 atom stereocenters. The van der Waals surface area contributed by atoms with Crippen LogP contribution in [-0.2, 0) is 13.1 Å². The van der Waals surface area contributed by atoms with Gasteiger partial charge < -0.3 is 10.1 Å². The molecule has 4 nitrogen and oxygen atoms in total. The van der Waals surface area contributed by atoms with E-state index in [0.29, 0.717) is 23.7 Å². The molecule has 0 saturated heterocycles. The Balaban J connectivity index is 1.63. The molecule has 2 rings (SSSR count). The Kier molecular flexibility index (Phi) is 12.8. The number of pyridine rings is 1. The molecule has 0 fully saturated rings. The van der Waals surface area contributed by atoms with Gasteiger partial charge in [-0.2, -0.15) is 0 Å². The third kappa shape index (κ3) is 10.0. The highest BCUT2D eigenvalue weighted by Crippen LogP contribution is 2.23. The molecule has 1 aromatic heterocycles. The van der Waals surface area contributed by atoms with Crippen molar-refractivity contribution in [1.29, 1.82) is 0 Å². The van der Waals surface area contributed by atoms with Crippen LogP contribution in [0.5, 0.6) is 5.75 Å². The highest BCUT2D eigenvalue weighted by atomic mass is 35.5. The summed E-state index contributed by atoms with van der Waals surface area (Å²) < 4.78 is 7.91. The standard InChI is InChI=1S/C27H39ClN2O2/c1-3-5-6-7-8-9-10-11-12-13-20-32-24-14-15-25(26(28)21-24)27(31)29-22-23-16-18-30(4-2)19-17-23/h14-19,21H,3-13,20,22H2,1-2H3/p+1. The number of nitrogens with one attached hydrogen (secondary N) is 1. The van der Waals surface area contributed by atoms with Gasteiger partial charge in [0.05, 0.1) is 17.2 Å². The molecule has 1 aromatic carbocycles. The largest absolute Gasteiger partial charge is 0.494 e. The summed E-state index contributed by atoms with van der Waals surface area (Å²) in [5.74, 6) is 0.540. The number of rotatable bonds is 16. The number of carbonyl (C=O) groups excluding carboxylic acids is 1. The molecule has 176 valence electrons. The van der Waals surface area contributed by atoms with Crippen molar-refractivity contribution in [2.75, 3.05) is 6.61 Å². The number of hydrogen-bond donors (Lipinski definition) is 1. The Hall–Kier alpha value is -2.07. The second-order valence-electron chi connectivity index (χ2n) is 8.39. The monoisotopic (exact) mass is 459 g/mol. The van der Waals surface area contributed by atoms with Crippen LogP contribution in [0.3, 0.4) is 0 Å². The maximum Gasteiger partial charge on any atom is 0.253 e. The Morgan fingerprint density at radius 3 is 2.12 bits per heavy atom. The maximum absolute atomic E-state index is 12.5. The quantitative estimate of drug-likeness (QED) is 0.219. The maximum atomic E-state index is 12.5. The van der Waals surface area contributed by atoms with E-state index in [2.05, 4.69) is 23.7 Å². The van der Waals surface area contributed by atoms with Crippen LogP contribution in [0.4, 0.5) is 0 Å². The predicted molar refractivity (Wildman–Crippen MR) is 132 cm³/mol. The first-order chi connectivity index (χ1) is 15.6. The molecule has 0 spiro atoms. The van der Waals surface area contributed by atoms with Crippen LogP contribution >= 0.6 is 11.6 Å². The lowest BCUT2D eigenvalue weighted by Gasteiger charge is -2.10. The van der Waals surface area contributed by atoms with Gasteiger partial charge in [-0.3, -0.25) is 4.79 Å². The summed E-state index contributed by atoms with van der Waals surface area (Å²) in [4.78, 5) is 12.5. The number of aryl methyl sites for hydroxylation is 1. The summed E-state index contributed by atoms with van der Waals surface area (Å²) in [5.41, 5.74) is 1.52. The van der Waals surface area contributed by atoms with Gasteiger partial charge in [0.15, 0.2) is 12.4 Å². The lowest BCUT2D eigenvalue weighted by atomic mass is 10.1. The number of amides is 1. The minimum Gasteiger partial charge on any atom is -0.494 e. The topological polar surface area (TPSA) is 42.2 Å². The SMILES string of the molecule is CCCCCCCCCCCCOc1ccc(C(=O)NCc2cc[n+](CC)cc2)c(Cl)c1. The van der Waals surface area contributed by atoms with Gasteiger partial charge in [0.25, 0.3) is 5.91 Å². The second kappa shape index (κ2) is 15.7. The van der Waals surface area contributed by atoms with E-state index in [9.17, 15) is 4.79 Å². The minimum absolute atomic E-state index is 0.177. The van der Waals surface area contributed by atoms with Gasteiger partial charge in [-0.05, 0) is 37.1 Å². The van der Waals surface area contributed by atoms with E-state index in [0.717, 1.165) is 24.3 Å². The van der Waals surface area contributed by atoms with E-state index < -0.39 is 0 Å². The van der Waals surface area contributed by atoms with Crippen LogP contribution in [0.1, 0.15) is 94.0 Å². The van der Waals surface area contributed by atoms with Gasteiger partial charge in [-0.15, -0.1) is 0 Å². The molecular weight excluding hydrogens is 420 g/mol.